The van der Waals surface area contributed by atoms with E-state index in [-0.39, 0.29) is 12.1 Å². The van der Waals surface area contributed by atoms with E-state index in [1.165, 1.54) is 4.79 Å². The minimum Gasteiger partial charge on any atom is -0.489 e. The summed E-state index contributed by atoms with van der Waals surface area (Å²) in [5.74, 6) is 0.731. The van der Waals surface area contributed by atoms with E-state index in [0.29, 0.717) is 22.3 Å². The van der Waals surface area contributed by atoms with Gasteiger partial charge in [-0.25, -0.2) is 0 Å². The molecule has 0 fully saturated rings. The van der Waals surface area contributed by atoms with Crippen LogP contribution in [-0.2, 0) is 6.54 Å². The molecule has 0 bridgehead atoms. The lowest BCUT2D eigenvalue weighted by molar-refractivity contribution is 0.240. The normalized spacial score (nSPS) is 10.8. The number of hydrogen-bond acceptors (Lipinski definition) is 6. The van der Waals surface area contributed by atoms with Gasteiger partial charge in [0.25, 0.3) is 5.95 Å². The van der Waals surface area contributed by atoms with Gasteiger partial charge in [0.05, 0.1) is 17.7 Å². The first-order valence-electron chi connectivity index (χ1n) is 5.89. The second-order valence-corrected chi connectivity index (χ2v) is 5.17. The molecule has 0 saturated carbocycles. The van der Waals surface area contributed by atoms with Crippen LogP contribution in [0.15, 0.2) is 12.1 Å². The predicted molar refractivity (Wildman–Crippen MR) is 77.5 cm³/mol. The van der Waals surface area contributed by atoms with E-state index in [4.69, 9.17) is 33.7 Å². The maximum Gasteiger partial charge on any atom is 0.260 e. The lowest BCUT2D eigenvalue weighted by atomic mass is 10.2. The Morgan fingerprint density at radius 3 is 2.75 bits per heavy atom. The molecule has 2 aromatic rings. The standard InChI is InChI=1S/C11H14Cl2N6O/c1-6(2)20-10-7(3-8(12)4-9(10)13)5-15-19-11(14)16-17-18-19/h3-4,6,15H,5H2,1-2H3,(H2,14,16,18). The first-order chi connectivity index (χ1) is 9.47. The number of nitrogen functional groups attached to an aromatic ring is 1. The van der Waals surface area contributed by atoms with E-state index < -0.39 is 0 Å². The number of halogens is 2. The highest BCUT2D eigenvalue weighted by atomic mass is 35.5. The Bertz CT molecular complexity index is 601. The molecule has 1 aromatic heterocycles. The van der Waals surface area contributed by atoms with Crippen molar-refractivity contribution in [2.24, 2.45) is 0 Å². The van der Waals surface area contributed by atoms with Gasteiger partial charge in [-0.1, -0.05) is 28.3 Å². The van der Waals surface area contributed by atoms with Crippen molar-refractivity contribution in [2.45, 2.75) is 26.5 Å². The van der Waals surface area contributed by atoms with Crippen LogP contribution in [0.5, 0.6) is 5.75 Å². The Labute approximate surface area is 126 Å². The molecule has 0 unspecified atom stereocenters. The van der Waals surface area contributed by atoms with Gasteiger partial charge in [-0.2, -0.15) is 0 Å². The van der Waals surface area contributed by atoms with Gasteiger partial charge in [-0.15, -0.1) is 4.79 Å². The van der Waals surface area contributed by atoms with Crippen molar-refractivity contribution in [1.82, 2.24) is 20.3 Å². The van der Waals surface area contributed by atoms with Crippen molar-refractivity contribution >= 4 is 29.2 Å². The van der Waals surface area contributed by atoms with Crippen LogP contribution in [0.25, 0.3) is 0 Å². The van der Waals surface area contributed by atoms with E-state index in [2.05, 4.69) is 21.0 Å². The molecule has 20 heavy (non-hydrogen) atoms. The van der Waals surface area contributed by atoms with Gasteiger partial charge < -0.3 is 15.9 Å². The van der Waals surface area contributed by atoms with Crippen LogP contribution in [0, 0.1) is 0 Å². The number of nitrogens with one attached hydrogen (secondary N) is 1. The van der Waals surface area contributed by atoms with Crippen molar-refractivity contribution in [1.29, 1.82) is 0 Å². The molecule has 0 amide bonds. The second-order valence-electron chi connectivity index (χ2n) is 4.33. The number of anilines is 1. The molecule has 0 aliphatic carbocycles. The molecule has 9 heteroatoms. The van der Waals surface area contributed by atoms with Crippen LogP contribution in [-0.4, -0.2) is 26.4 Å². The largest absolute Gasteiger partial charge is 0.489 e. The molecular weight excluding hydrogens is 303 g/mol. The lowest BCUT2D eigenvalue weighted by Gasteiger charge is -2.17. The maximum absolute atomic E-state index is 6.16. The third kappa shape index (κ3) is 3.43. The van der Waals surface area contributed by atoms with Crippen molar-refractivity contribution < 1.29 is 4.74 Å². The van der Waals surface area contributed by atoms with Gasteiger partial charge in [0.1, 0.15) is 5.75 Å². The monoisotopic (exact) mass is 316 g/mol. The molecule has 0 aliphatic heterocycles. The Morgan fingerprint density at radius 1 is 1.40 bits per heavy atom. The quantitative estimate of drug-likeness (QED) is 0.877. The van der Waals surface area contributed by atoms with Crippen molar-refractivity contribution in [2.75, 3.05) is 11.2 Å². The zero-order valence-corrected chi connectivity index (χ0v) is 12.5. The van der Waals surface area contributed by atoms with E-state index in [9.17, 15) is 0 Å². The average molecular weight is 317 g/mol. The Balaban J connectivity index is 2.23. The molecule has 7 nitrogen and oxygen atoms in total. The molecule has 108 valence electrons. The summed E-state index contributed by atoms with van der Waals surface area (Å²) in [6, 6.07) is 3.40. The molecule has 0 spiro atoms. The molecule has 1 heterocycles. The van der Waals surface area contributed by atoms with Gasteiger partial charge in [-0.3, -0.25) is 0 Å². The highest BCUT2D eigenvalue weighted by Gasteiger charge is 2.13. The Kier molecular flexibility index (Phi) is 4.51. The number of nitrogens with zero attached hydrogens (tertiary/aromatic N) is 4. The van der Waals surface area contributed by atoms with Crippen LogP contribution in [0.4, 0.5) is 5.95 Å². The summed E-state index contributed by atoms with van der Waals surface area (Å²) in [5.41, 5.74) is 9.28. The van der Waals surface area contributed by atoms with E-state index in [1.54, 1.807) is 12.1 Å². The molecule has 1 aromatic carbocycles. The fraction of sp³-hybridized carbons (Fsp3) is 0.364. The van der Waals surface area contributed by atoms with Crippen LogP contribution in [0.2, 0.25) is 10.0 Å². The number of nitrogens with two attached hydrogens (primary N) is 1. The highest BCUT2D eigenvalue weighted by Crippen LogP contribution is 2.33. The van der Waals surface area contributed by atoms with Crippen molar-refractivity contribution in [3.8, 4) is 5.75 Å². The molecule has 0 radical (unpaired) electrons. The SMILES string of the molecule is CC(C)Oc1c(Cl)cc(Cl)cc1CNn1nnnc1N. The van der Waals surface area contributed by atoms with Crippen LogP contribution >= 0.6 is 23.2 Å². The predicted octanol–water partition coefficient (Wildman–Crippen LogP) is 2.09. The number of aromatic nitrogens is 4. The average Bonchev–Trinajstić information content (AvgIpc) is 2.76. The first-order valence-corrected chi connectivity index (χ1v) is 6.65. The third-order valence-corrected chi connectivity index (χ3v) is 2.85. The van der Waals surface area contributed by atoms with Gasteiger partial charge in [-0.05, 0) is 36.4 Å². The van der Waals surface area contributed by atoms with E-state index in [0.717, 1.165) is 5.56 Å². The number of rotatable bonds is 5. The summed E-state index contributed by atoms with van der Waals surface area (Å²) in [6.45, 7) is 4.19. The third-order valence-electron chi connectivity index (χ3n) is 2.35. The molecule has 3 N–H and O–H groups in total. The summed E-state index contributed by atoms with van der Waals surface area (Å²) in [7, 11) is 0. The number of hydrogen-bond donors (Lipinski definition) is 2. The molecule has 2 rings (SSSR count). The minimum atomic E-state index is -0.00877. The summed E-state index contributed by atoms with van der Waals surface area (Å²) < 4.78 is 5.71. The number of benzene rings is 1. The molecule has 0 saturated heterocycles. The minimum absolute atomic E-state index is 0.00877. The van der Waals surface area contributed by atoms with Gasteiger partial charge >= 0.3 is 0 Å². The van der Waals surface area contributed by atoms with Crippen LogP contribution < -0.4 is 15.9 Å². The van der Waals surface area contributed by atoms with E-state index >= 15 is 0 Å². The topological polar surface area (TPSA) is 90.9 Å². The van der Waals surface area contributed by atoms with Gasteiger partial charge in [0, 0.05) is 10.6 Å². The summed E-state index contributed by atoms with van der Waals surface area (Å²) in [4.78, 5) is 1.26. The Morgan fingerprint density at radius 2 is 2.15 bits per heavy atom. The number of ether oxygens (including phenoxy) is 1. The summed E-state index contributed by atoms with van der Waals surface area (Å²) in [5, 5.41) is 11.7. The fourth-order valence-corrected chi connectivity index (χ4v) is 2.16. The highest BCUT2D eigenvalue weighted by molar-refractivity contribution is 6.35. The number of tetrazole rings is 1. The van der Waals surface area contributed by atoms with Crippen molar-refractivity contribution in [3.05, 3.63) is 27.7 Å². The smallest absolute Gasteiger partial charge is 0.260 e. The van der Waals surface area contributed by atoms with Gasteiger partial charge in [0.15, 0.2) is 0 Å². The zero-order valence-electron chi connectivity index (χ0n) is 11.0. The van der Waals surface area contributed by atoms with E-state index in [1.807, 2.05) is 13.8 Å². The first kappa shape index (κ1) is 14.7. The molecular formula is C11H14Cl2N6O. The van der Waals surface area contributed by atoms with Gasteiger partial charge in [0.2, 0.25) is 0 Å². The van der Waals surface area contributed by atoms with Crippen LogP contribution in [0.3, 0.4) is 0 Å². The summed E-state index contributed by atoms with van der Waals surface area (Å²) in [6.07, 6.45) is -0.00877. The zero-order chi connectivity index (χ0) is 14.7. The van der Waals surface area contributed by atoms with Crippen LogP contribution in [0.1, 0.15) is 19.4 Å². The Hall–Kier alpha value is -1.73. The summed E-state index contributed by atoms with van der Waals surface area (Å²) >= 11 is 12.2. The molecule has 0 atom stereocenters. The molecule has 0 aliphatic rings. The van der Waals surface area contributed by atoms with Crippen molar-refractivity contribution in [3.63, 3.8) is 0 Å². The lowest BCUT2D eigenvalue weighted by Crippen LogP contribution is -2.19. The second kappa shape index (κ2) is 6.15. The maximum atomic E-state index is 6.16. The fourth-order valence-electron chi connectivity index (χ4n) is 1.58.